The molecule has 0 bridgehead atoms. The zero-order chi connectivity index (χ0) is 31.3. The summed E-state index contributed by atoms with van der Waals surface area (Å²) in [4.78, 5) is 7.52. The molecule has 0 atom stereocenters. The Balaban J connectivity index is 1.93. The van der Waals surface area contributed by atoms with Crippen LogP contribution >= 0.6 is 0 Å². The van der Waals surface area contributed by atoms with Gasteiger partial charge in [0.25, 0.3) is 0 Å². The molecule has 16 heteroatoms. The minimum Gasteiger partial charge on any atom is -0.451 e. The monoisotopic (exact) mass is 614 g/mol. The van der Waals surface area contributed by atoms with Crippen molar-refractivity contribution in [2.24, 2.45) is 9.98 Å². The van der Waals surface area contributed by atoms with Crippen LogP contribution in [0.5, 0.6) is 0 Å². The summed E-state index contributed by atoms with van der Waals surface area (Å²) in [7, 11) is 0. The van der Waals surface area contributed by atoms with E-state index in [9.17, 15) is 52.7 Å². The van der Waals surface area contributed by atoms with Crippen molar-refractivity contribution >= 4 is 33.9 Å². The minimum atomic E-state index is -6.16. The Morgan fingerprint density at radius 2 is 1.02 bits per heavy atom. The molecule has 0 unspecified atom stereocenters. The number of rotatable bonds is 1. The highest BCUT2D eigenvalue weighted by molar-refractivity contribution is 6.08. The van der Waals surface area contributed by atoms with Crippen molar-refractivity contribution in [3.63, 3.8) is 0 Å². The smallest absolute Gasteiger partial charge is 0.442 e. The number of alkyl halides is 12. The lowest BCUT2D eigenvalue weighted by Gasteiger charge is -2.41. The predicted octanol–water partition coefficient (Wildman–Crippen LogP) is 8.98. The fraction of sp³-hybridized carbons (Fsp3) is 0.308. The van der Waals surface area contributed by atoms with E-state index in [1.807, 2.05) is 0 Å². The van der Waals surface area contributed by atoms with Crippen LogP contribution in [0, 0.1) is 6.92 Å². The number of ether oxygens (including phenoxy) is 2. The standard InChI is InChI=1S/C26H14F12N2O2/c1-11-4-3-5-13(10-11)20-40-19-15-7-8-16-18(39-12(2)41-21(16,23(27,28)29)24(30,31)32)14(15)6-9-17(19)22(42-20,25(33,34)35)26(36,37)38/h3-10H,1-2H3. The molecule has 3 aromatic carbocycles. The highest BCUT2D eigenvalue weighted by atomic mass is 19.4. The number of aliphatic imine (C=N–C) groups is 2. The van der Waals surface area contributed by atoms with E-state index in [1.165, 1.54) is 25.1 Å². The molecule has 2 aliphatic heterocycles. The molecule has 0 aliphatic carbocycles. The van der Waals surface area contributed by atoms with Crippen LogP contribution in [0.2, 0.25) is 0 Å². The van der Waals surface area contributed by atoms with Crippen LogP contribution in [0.4, 0.5) is 64.1 Å². The molecular formula is C26H14F12N2O2. The largest absolute Gasteiger partial charge is 0.451 e. The van der Waals surface area contributed by atoms with Gasteiger partial charge in [0.05, 0.1) is 11.4 Å². The highest BCUT2D eigenvalue weighted by Crippen LogP contribution is 2.61. The number of nitrogens with zero attached hydrogens (tertiary/aromatic N) is 2. The maximum absolute atomic E-state index is 14.4. The topological polar surface area (TPSA) is 43.2 Å². The first-order chi connectivity index (χ1) is 19.2. The zero-order valence-corrected chi connectivity index (χ0v) is 20.9. The van der Waals surface area contributed by atoms with Gasteiger partial charge in [0, 0.05) is 34.4 Å². The third-order valence-electron chi connectivity index (χ3n) is 6.80. The number of aryl methyl sites for hydroxylation is 1. The summed E-state index contributed by atoms with van der Waals surface area (Å²) >= 11 is 0. The molecule has 0 aromatic heterocycles. The van der Waals surface area contributed by atoms with Crippen molar-refractivity contribution in [3.05, 3.63) is 70.8 Å². The van der Waals surface area contributed by atoms with E-state index in [-0.39, 0.29) is 17.7 Å². The van der Waals surface area contributed by atoms with Gasteiger partial charge in [0.15, 0.2) is 5.90 Å². The molecule has 5 rings (SSSR count). The lowest BCUT2D eigenvalue weighted by atomic mass is 9.83. The first-order valence-corrected chi connectivity index (χ1v) is 11.6. The molecule has 224 valence electrons. The second-order valence-corrected chi connectivity index (χ2v) is 9.49. The van der Waals surface area contributed by atoms with Crippen molar-refractivity contribution in [1.29, 1.82) is 0 Å². The van der Waals surface area contributed by atoms with Crippen molar-refractivity contribution in [3.8, 4) is 0 Å². The number of benzene rings is 3. The predicted molar refractivity (Wildman–Crippen MR) is 124 cm³/mol. The van der Waals surface area contributed by atoms with Crippen molar-refractivity contribution in [2.45, 2.75) is 49.8 Å². The zero-order valence-electron chi connectivity index (χ0n) is 20.9. The lowest BCUT2D eigenvalue weighted by molar-refractivity contribution is -0.371. The second kappa shape index (κ2) is 8.77. The molecule has 0 spiro atoms. The van der Waals surface area contributed by atoms with E-state index in [0.717, 1.165) is 6.07 Å². The molecule has 2 aliphatic rings. The Labute approximate surface area is 227 Å². The van der Waals surface area contributed by atoms with Gasteiger partial charge in [-0.1, -0.05) is 42.0 Å². The molecule has 0 amide bonds. The maximum Gasteiger partial charge on any atom is 0.442 e. The van der Waals surface area contributed by atoms with Crippen LogP contribution in [0.15, 0.2) is 58.5 Å². The summed E-state index contributed by atoms with van der Waals surface area (Å²) in [5.74, 6) is -2.23. The van der Waals surface area contributed by atoms with Crippen LogP contribution < -0.4 is 0 Å². The molecule has 0 saturated carbocycles. The fourth-order valence-electron chi connectivity index (χ4n) is 5.03. The van der Waals surface area contributed by atoms with E-state index in [1.54, 1.807) is 0 Å². The lowest BCUT2D eigenvalue weighted by Crippen LogP contribution is -2.58. The molecule has 0 fully saturated rings. The number of halogens is 12. The minimum absolute atomic E-state index is 0.245. The van der Waals surface area contributed by atoms with Gasteiger partial charge < -0.3 is 9.47 Å². The first kappa shape index (κ1) is 29.5. The van der Waals surface area contributed by atoms with Crippen molar-refractivity contribution < 1.29 is 62.2 Å². The van der Waals surface area contributed by atoms with Gasteiger partial charge in [-0.05, 0) is 19.1 Å². The Morgan fingerprint density at radius 1 is 0.571 bits per heavy atom. The number of hydrogen-bond donors (Lipinski definition) is 0. The summed E-state index contributed by atoms with van der Waals surface area (Å²) in [5.41, 5.74) is -15.0. The summed E-state index contributed by atoms with van der Waals surface area (Å²) in [6, 6.07) is 6.61. The first-order valence-electron chi connectivity index (χ1n) is 11.6. The molecular weight excluding hydrogens is 600 g/mol. The van der Waals surface area contributed by atoms with Gasteiger partial charge in [-0.3, -0.25) is 0 Å². The van der Waals surface area contributed by atoms with Crippen molar-refractivity contribution in [1.82, 2.24) is 0 Å². The van der Waals surface area contributed by atoms with Gasteiger partial charge in [-0.2, -0.15) is 52.7 Å². The molecule has 0 radical (unpaired) electrons. The van der Waals surface area contributed by atoms with Gasteiger partial charge in [-0.25, -0.2) is 9.98 Å². The van der Waals surface area contributed by atoms with E-state index < -0.39 is 81.0 Å². The van der Waals surface area contributed by atoms with E-state index in [4.69, 9.17) is 0 Å². The number of hydrogen-bond acceptors (Lipinski definition) is 4. The van der Waals surface area contributed by atoms with Gasteiger partial charge in [0.2, 0.25) is 5.90 Å². The van der Waals surface area contributed by atoms with E-state index in [2.05, 4.69) is 19.5 Å². The fourth-order valence-corrected chi connectivity index (χ4v) is 5.03. The third-order valence-corrected chi connectivity index (χ3v) is 6.80. The van der Waals surface area contributed by atoms with Crippen LogP contribution in [-0.4, -0.2) is 36.5 Å². The molecule has 3 aromatic rings. The quantitative estimate of drug-likeness (QED) is 0.257. The molecule has 42 heavy (non-hydrogen) atoms. The van der Waals surface area contributed by atoms with Crippen LogP contribution in [0.1, 0.15) is 29.2 Å². The van der Waals surface area contributed by atoms with Crippen LogP contribution in [0.25, 0.3) is 10.8 Å². The Bertz CT molecular complexity index is 1640. The van der Waals surface area contributed by atoms with E-state index in [0.29, 0.717) is 24.6 Å². The molecule has 0 saturated heterocycles. The average Bonchev–Trinajstić information content (AvgIpc) is 2.84. The SMILES string of the molecule is CC1=Nc2c(ccc3c4c(ccc23)C(C(F)(F)F)(C(F)(F)F)OC(c2cccc(C)c2)=N4)C(C(F)(F)F)(C(F)(F)F)O1. The molecule has 0 N–H and O–H groups in total. The average molecular weight is 614 g/mol. The normalized spacial score (nSPS) is 18.3. The number of fused-ring (bicyclic) bond motifs is 5. The van der Waals surface area contributed by atoms with Gasteiger partial charge in [-0.15, -0.1) is 0 Å². The molecule has 4 nitrogen and oxygen atoms in total. The second-order valence-electron chi connectivity index (χ2n) is 9.49. The van der Waals surface area contributed by atoms with Gasteiger partial charge >= 0.3 is 35.9 Å². The summed E-state index contributed by atoms with van der Waals surface area (Å²) in [6.45, 7) is 2.17. The summed E-state index contributed by atoms with van der Waals surface area (Å²) in [5, 5.41) is -1.28. The van der Waals surface area contributed by atoms with E-state index >= 15 is 0 Å². The van der Waals surface area contributed by atoms with Crippen molar-refractivity contribution in [2.75, 3.05) is 0 Å². The third kappa shape index (κ3) is 3.93. The Hall–Kier alpha value is -3.98. The maximum atomic E-state index is 14.4. The highest BCUT2D eigenvalue weighted by Gasteiger charge is 2.78. The summed E-state index contributed by atoms with van der Waals surface area (Å²) in [6.07, 6.45) is -24.5. The van der Waals surface area contributed by atoms with Crippen LogP contribution in [0.3, 0.4) is 0 Å². The van der Waals surface area contributed by atoms with Gasteiger partial charge in [0.1, 0.15) is 0 Å². The van der Waals surface area contributed by atoms with Crippen LogP contribution in [-0.2, 0) is 20.7 Å². The summed E-state index contributed by atoms with van der Waals surface area (Å²) < 4.78 is 180. The Kier molecular flexibility index (Phi) is 6.16. The Morgan fingerprint density at radius 3 is 1.48 bits per heavy atom. The molecule has 2 heterocycles.